The van der Waals surface area contributed by atoms with Crippen LogP contribution in [0.1, 0.15) is 42.9 Å². The first-order valence-corrected chi connectivity index (χ1v) is 7.08. The zero-order chi connectivity index (χ0) is 13.2. The molecule has 2 nitrogen and oxygen atoms in total. The van der Waals surface area contributed by atoms with Gasteiger partial charge in [-0.3, -0.25) is 0 Å². The van der Waals surface area contributed by atoms with Crippen LogP contribution >= 0.6 is 0 Å². The number of nitrogens with one attached hydrogen (secondary N) is 1. The van der Waals surface area contributed by atoms with Crippen LogP contribution in [0.3, 0.4) is 0 Å². The van der Waals surface area contributed by atoms with Gasteiger partial charge < -0.3 is 10.1 Å². The standard InChI is InChI=1S/C16H27NO/c1-4-5-10-18-11-6-9-17-13-16-8-7-14(2)12-15(16)3/h7-8,12,17H,4-6,9-11,13H2,1-3H3. The molecule has 0 saturated carbocycles. The summed E-state index contributed by atoms with van der Waals surface area (Å²) >= 11 is 0. The fraction of sp³-hybridized carbons (Fsp3) is 0.625. The number of rotatable bonds is 9. The highest BCUT2D eigenvalue weighted by Crippen LogP contribution is 2.09. The molecule has 18 heavy (non-hydrogen) atoms. The predicted octanol–water partition coefficient (Wildman–Crippen LogP) is 3.60. The van der Waals surface area contributed by atoms with Crippen molar-refractivity contribution in [2.24, 2.45) is 0 Å². The van der Waals surface area contributed by atoms with Crippen LogP contribution in [0.5, 0.6) is 0 Å². The van der Waals surface area contributed by atoms with Gasteiger partial charge in [0.25, 0.3) is 0 Å². The molecule has 1 aromatic rings. The third-order valence-electron chi connectivity index (χ3n) is 3.10. The third-order valence-corrected chi connectivity index (χ3v) is 3.10. The maximum Gasteiger partial charge on any atom is 0.0478 e. The Balaban J connectivity index is 2.07. The average Bonchev–Trinajstić information content (AvgIpc) is 2.35. The van der Waals surface area contributed by atoms with Gasteiger partial charge in [0, 0.05) is 19.8 Å². The quantitative estimate of drug-likeness (QED) is 0.675. The summed E-state index contributed by atoms with van der Waals surface area (Å²) in [6, 6.07) is 6.64. The Morgan fingerprint density at radius 2 is 1.89 bits per heavy atom. The number of hydrogen-bond donors (Lipinski definition) is 1. The van der Waals surface area contributed by atoms with Crippen LogP contribution in [0.2, 0.25) is 0 Å². The molecule has 102 valence electrons. The van der Waals surface area contributed by atoms with Gasteiger partial charge >= 0.3 is 0 Å². The second-order valence-corrected chi connectivity index (χ2v) is 4.93. The van der Waals surface area contributed by atoms with Crippen molar-refractivity contribution >= 4 is 0 Å². The van der Waals surface area contributed by atoms with Crippen LogP contribution in [0.15, 0.2) is 18.2 Å². The Bertz CT molecular complexity index is 336. The van der Waals surface area contributed by atoms with Crippen molar-refractivity contribution in [3.63, 3.8) is 0 Å². The fourth-order valence-corrected chi connectivity index (χ4v) is 1.91. The van der Waals surface area contributed by atoms with E-state index in [-0.39, 0.29) is 0 Å². The van der Waals surface area contributed by atoms with Gasteiger partial charge in [-0.2, -0.15) is 0 Å². The number of unbranched alkanes of at least 4 members (excludes halogenated alkanes) is 1. The minimum atomic E-state index is 0.875. The van der Waals surface area contributed by atoms with Crippen molar-refractivity contribution in [2.75, 3.05) is 19.8 Å². The molecule has 0 spiro atoms. The van der Waals surface area contributed by atoms with Gasteiger partial charge in [-0.15, -0.1) is 0 Å². The van der Waals surface area contributed by atoms with Gasteiger partial charge in [-0.05, 0) is 44.4 Å². The molecule has 0 aliphatic carbocycles. The Kier molecular flexibility index (Phi) is 7.70. The molecule has 0 bridgehead atoms. The summed E-state index contributed by atoms with van der Waals surface area (Å²) in [5, 5.41) is 3.47. The molecule has 2 heteroatoms. The van der Waals surface area contributed by atoms with Crippen molar-refractivity contribution in [3.05, 3.63) is 34.9 Å². The third kappa shape index (κ3) is 6.18. The Morgan fingerprint density at radius 3 is 2.61 bits per heavy atom. The van der Waals surface area contributed by atoms with Crippen LogP contribution in [-0.4, -0.2) is 19.8 Å². The molecule has 1 rings (SSSR count). The first-order chi connectivity index (χ1) is 8.74. The van der Waals surface area contributed by atoms with E-state index in [9.17, 15) is 0 Å². The van der Waals surface area contributed by atoms with Gasteiger partial charge in [-0.25, -0.2) is 0 Å². The number of benzene rings is 1. The molecule has 0 amide bonds. The smallest absolute Gasteiger partial charge is 0.0478 e. The van der Waals surface area contributed by atoms with E-state index in [0.717, 1.165) is 32.7 Å². The molecule has 1 aromatic carbocycles. The maximum absolute atomic E-state index is 5.53. The first kappa shape index (κ1) is 15.2. The average molecular weight is 249 g/mol. The molecule has 1 N–H and O–H groups in total. The molecular weight excluding hydrogens is 222 g/mol. The summed E-state index contributed by atoms with van der Waals surface area (Å²) in [4.78, 5) is 0. The largest absolute Gasteiger partial charge is 0.381 e. The van der Waals surface area contributed by atoms with Gasteiger partial charge in [0.1, 0.15) is 0 Å². The van der Waals surface area contributed by atoms with Crippen LogP contribution in [0, 0.1) is 13.8 Å². The lowest BCUT2D eigenvalue weighted by Gasteiger charge is -2.09. The summed E-state index contributed by atoms with van der Waals surface area (Å²) < 4.78 is 5.53. The van der Waals surface area contributed by atoms with Crippen molar-refractivity contribution in [2.45, 2.75) is 46.6 Å². The zero-order valence-electron chi connectivity index (χ0n) is 12.1. The van der Waals surface area contributed by atoms with Crippen LogP contribution in [-0.2, 0) is 11.3 Å². The summed E-state index contributed by atoms with van der Waals surface area (Å²) in [6.45, 7) is 10.3. The summed E-state index contributed by atoms with van der Waals surface area (Å²) in [7, 11) is 0. The first-order valence-electron chi connectivity index (χ1n) is 7.08. The molecular formula is C16H27NO. The van der Waals surface area contributed by atoms with Gasteiger partial charge in [-0.1, -0.05) is 37.1 Å². The second kappa shape index (κ2) is 9.12. The fourth-order valence-electron chi connectivity index (χ4n) is 1.91. The monoisotopic (exact) mass is 249 g/mol. The van der Waals surface area contributed by atoms with Crippen molar-refractivity contribution < 1.29 is 4.74 Å². The van der Waals surface area contributed by atoms with Crippen LogP contribution in [0.25, 0.3) is 0 Å². The molecule has 0 aliphatic rings. The Hall–Kier alpha value is -0.860. The topological polar surface area (TPSA) is 21.3 Å². The minimum absolute atomic E-state index is 0.875. The highest BCUT2D eigenvalue weighted by Gasteiger charge is 1.97. The highest BCUT2D eigenvalue weighted by molar-refractivity contribution is 5.30. The Labute approximate surface area is 112 Å². The van der Waals surface area contributed by atoms with E-state index < -0.39 is 0 Å². The van der Waals surface area contributed by atoms with Crippen LogP contribution < -0.4 is 5.32 Å². The van der Waals surface area contributed by atoms with Crippen molar-refractivity contribution in [3.8, 4) is 0 Å². The van der Waals surface area contributed by atoms with E-state index in [1.165, 1.54) is 29.5 Å². The highest BCUT2D eigenvalue weighted by atomic mass is 16.5. The van der Waals surface area contributed by atoms with Gasteiger partial charge in [0.05, 0.1) is 0 Å². The van der Waals surface area contributed by atoms with E-state index in [0.29, 0.717) is 0 Å². The summed E-state index contributed by atoms with van der Waals surface area (Å²) in [6.07, 6.45) is 3.48. The summed E-state index contributed by atoms with van der Waals surface area (Å²) in [5.74, 6) is 0. The van der Waals surface area contributed by atoms with E-state index in [1.54, 1.807) is 0 Å². The normalized spacial score (nSPS) is 10.8. The molecule has 0 aromatic heterocycles. The lowest BCUT2D eigenvalue weighted by molar-refractivity contribution is 0.129. The van der Waals surface area contributed by atoms with Crippen molar-refractivity contribution in [1.82, 2.24) is 5.32 Å². The summed E-state index contributed by atoms with van der Waals surface area (Å²) in [5.41, 5.74) is 4.11. The predicted molar refractivity (Wildman–Crippen MR) is 78.0 cm³/mol. The molecule has 0 radical (unpaired) electrons. The lowest BCUT2D eigenvalue weighted by atomic mass is 10.1. The molecule has 0 atom stereocenters. The zero-order valence-corrected chi connectivity index (χ0v) is 12.1. The number of ether oxygens (including phenoxy) is 1. The molecule has 0 aliphatic heterocycles. The van der Waals surface area contributed by atoms with E-state index in [2.05, 4.69) is 44.3 Å². The van der Waals surface area contributed by atoms with Crippen molar-refractivity contribution in [1.29, 1.82) is 0 Å². The van der Waals surface area contributed by atoms with Gasteiger partial charge in [0.15, 0.2) is 0 Å². The molecule has 0 fully saturated rings. The lowest BCUT2D eigenvalue weighted by Crippen LogP contribution is -2.17. The minimum Gasteiger partial charge on any atom is -0.381 e. The van der Waals surface area contributed by atoms with Crippen LogP contribution in [0.4, 0.5) is 0 Å². The SMILES string of the molecule is CCCCOCCCNCc1ccc(C)cc1C. The molecule has 0 heterocycles. The van der Waals surface area contributed by atoms with E-state index >= 15 is 0 Å². The number of aryl methyl sites for hydroxylation is 2. The van der Waals surface area contributed by atoms with E-state index in [4.69, 9.17) is 4.74 Å². The van der Waals surface area contributed by atoms with Gasteiger partial charge in [0.2, 0.25) is 0 Å². The molecule has 0 unspecified atom stereocenters. The van der Waals surface area contributed by atoms with E-state index in [1.807, 2.05) is 0 Å². The number of hydrogen-bond acceptors (Lipinski definition) is 2. The Morgan fingerprint density at radius 1 is 1.11 bits per heavy atom. The molecule has 0 saturated heterocycles. The second-order valence-electron chi connectivity index (χ2n) is 4.93. The maximum atomic E-state index is 5.53.